The van der Waals surface area contributed by atoms with Crippen LogP contribution in [0, 0.1) is 0 Å². The van der Waals surface area contributed by atoms with Crippen LogP contribution >= 0.6 is 0 Å². The highest BCUT2D eigenvalue weighted by Crippen LogP contribution is 2.47. The zero-order valence-electron chi connectivity index (χ0n) is 18.8. The van der Waals surface area contributed by atoms with Crippen molar-refractivity contribution in [1.82, 2.24) is 5.48 Å². The van der Waals surface area contributed by atoms with E-state index in [9.17, 15) is 9.90 Å². The number of methoxy groups -OCH3 is 4. The summed E-state index contributed by atoms with van der Waals surface area (Å²) < 4.78 is 21.9. The van der Waals surface area contributed by atoms with E-state index in [1.165, 1.54) is 26.8 Å². The van der Waals surface area contributed by atoms with Crippen molar-refractivity contribution in [2.75, 3.05) is 35.0 Å². The minimum absolute atomic E-state index is 0.0245. The minimum Gasteiger partial charge on any atom is -0.504 e. The van der Waals surface area contributed by atoms with Crippen LogP contribution in [0.15, 0.2) is 35.5 Å². The molecule has 0 fully saturated rings. The number of carbonyl (C=O) groups excluding carboxylic acids is 1. The number of allylic oxidation sites excluding steroid dienone is 1. The number of aromatic hydroxyl groups is 1. The summed E-state index contributed by atoms with van der Waals surface area (Å²) in [5, 5.41) is 23.1. The third-order valence-corrected chi connectivity index (χ3v) is 5.16. The topological polar surface area (TPSA) is 128 Å². The molecule has 2 aromatic carbocycles. The van der Waals surface area contributed by atoms with Gasteiger partial charge in [-0.15, -0.1) is 0 Å². The fourth-order valence-corrected chi connectivity index (χ4v) is 3.65. The molecule has 0 bridgehead atoms. The van der Waals surface area contributed by atoms with Crippen molar-refractivity contribution in [2.24, 2.45) is 5.16 Å². The van der Waals surface area contributed by atoms with Crippen molar-refractivity contribution in [2.45, 2.75) is 12.8 Å². The van der Waals surface area contributed by atoms with Gasteiger partial charge in [-0.25, -0.2) is 5.48 Å². The van der Waals surface area contributed by atoms with Crippen molar-refractivity contribution in [1.29, 1.82) is 0 Å². The lowest BCUT2D eigenvalue weighted by Gasteiger charge is -2.20. The molecular formula is C23H26N2O8. The molecule has 1 aliphatic carbocycles. The van der Waals surface area contributed by atoms with Crippen LogP contribution in [0.2, 0.25) is 0 Å². The van der Waals surface area contributed by atoms with Crippen LogP contribution in [0.4, 0.5) is 0 Å². The quantitative estimate of drug-likeness (QED) is 0.407. The normalized spacial score (nSPS) is 14.0. The largest absolute Gasteiger partial charge is 0.504 e. The average Bonchev–Trinajstić information content (AvgIpc) is 3.01. The Hall–Kier alpha value is -3.92. The predicted octanol–water partition coefficient (Wildman–Crippen LogP) is 2.68. The lowest BCUT2D eigenvalue weighted by Crippen LogP contribution is -2.23. The molecule has 10 heteroatoms. The van der Waals surface area contributed by atoms with Gasteiger partial charge < -0.3 is 28.9 Å². The van der Waals surface area contributed by atoms with Gasteiger partial charge in [0.15, 0.2) is 29.6 Å². The van der Waals surface area contributed by atoms with E-state index in [1.54, 1.807) is 31.4 Å². The first kappa shape index (κ1) is 23.7. The summed E-state index contributed by atoms with van der Waals surface area (Å²) in [5.74, 6) is 1.06. The van der Waals surface area contributed by atoms with E-state index in [0.717, 1.165) is 11.1 Å². The molecule has 0 aliphatic heterocycles. The van der Waals surface area contributed by atoms with Gasteiger partial charge >= 0.3 is 0 Å². The summed E-state index contributed by atoms with van der Waals surface area (Å²) in [4.78, 5) is 16.3. The van der Waals surface area contributed by atoms with Gasteiger partial charge in [0.25, 0.3) is 5.91 Å². The molecule has 0 saturated carbocycles. The number of hydroxylamine groups is 1. The smallest absolute Gasteiger partial charge is 0.284 e. The number of phenols is 1. The zero-order valence-corrected chi connectivity index (χ0v) is 18.8. The molecule has 1 aliphatic rings. The molecule has 0 aromatic heterocycles. The average molecular weight is 458 g/mol. The molecule has 10 nitrogen and oxygen atoms in total. The van der Waals surface area contributed by atoms with Gasteiger partial charge in [0.1, 0.15) is 0 Å². The fourth-order valence-electron chi connectivity index (χ4n) is 3.65. The molecular weight excluding hydrogens is 432 g/mol. The van der Waals surface area contributed by atoms with Crippen molar-refractivity contribution in [3.63, 3.8) is 0 Å². The predicted molar refractivity (Wildman–Crippen MR) is 119 cm³/mol. The van der Waals surface area contributed by atoms with E-state index in [2.05, 4.69) is 5.16 Å². The number of ether oxygens (including phenoxy) is 4. The van der Waals surface area contributed by atoms with Gasteiger partial charge in [-0.3, -0.25) is 10.0 Å². The van der Waals surface area contributed by atoms with Crippen LogP contribution in [0.3, 0.4) is 0 Å². The highest BCUT2D eigenvalue weighted by atomic mass is 16.6. The van der Waals surface area contributed by atoms with E-state index < -0.39 is 12.5 Å². The van der Waals surface area contributed by atoms with Crippen molar-refractivity contribution < 1.29 is 38.9 Å². The Balaban J connectivity index is 2.20. The van der Waals surface area contributed by atoms with Gasteiger partial charge in [-0.2, -0.15) is 0 Å². The lowest BCUT2D eigenvalue weighted by atomic mass is 9.92. The standard InChI is InChI=1S/C23H26N2O8/c1-29-19-8-5-13(9-18(19)26)16-10-14(25-33-12-21(27)24-28)6-7-15-17(16)11-20(30-2)23(32-4)22(15)31-3/h5,8-11,26,28H,6-7,12H2,1-4H3,(H,24,27). The van der Waals surface area contributed by atoms with Crippen LogP contribution in [0.1, 0.15) is 23.1 Å². The summed E-state index contributed by atoms with van der Waals surface area (Å²) in [7, 11) is 6.10. The maximum absolute atomic E-state index is 11.3. The molecule has 0 spiro atoms. The van der Waals surface area contributed by atoms with Crippen LogP contribution in [0.5, 0.6) is 28.7 Å². The molecule has 0 saturated heterocycles. The Bertz CT molecular complexity index is 1090. The van der Waals surface area contributed by atoms with Crippen molar-refractivity contribution in [3.8, 4) is 28.7 Å². The molecule has 33 heavy (non-hydrogen) atoms. The van der Waals surface area contributed by atoms with E-state index in [-0.39, 0.29) is 5.75 Å². The Morgan fingerprint density at radius 1 is 1.00 bits per heavy atom. The summed E-state index contributed by atoms with van der Waals surface area (Å²) in [6.07, 6.45) is 2.79. The third kappa shape index (κ3) is 4.96. The van der Waals surface area contributed by atoms with Crippen LogP contribution in [-0.4, -0.2) is 57.0 Å². The highest BCUT2D eigenvalue weighted by molar-refractivity contribution is 6.05. The Labute approximate surface area is 190 Å². The van der Waals surface area contributed by atoms with Gasteiger partial charge in [0, 0.05) is 5.56 Å². The zero-order chi connectivity index (χ0) is 24.0. The maximum atomic E-state index is 11.3. The van der Waals surface area contributed by atoms with Crippen LogP contribution in [-0.2, 0) is 16.1 Å². The molecule has 0 heterocycles. The van der Waals surface area contributed by atoms with Gasteiger partial charge in [0.05, 0.1) is 34.2 Å². The van der Waals surface area contributed by atoms with Crippen LogP contribution in [0.25, 0.3) is 5.57 Å². The number of nitrogens with one attached hydrogen (secondary N) is 1. The number of benzene rings is 2. The molecule has 3 N–H and O–H groups in total. The summed E-state index contributed by atoms with van der Waals surface area (Å²) in [5.41, 5.74) is 5.09. The number of fused-ring (bicyclic) bond motifs is 1. The third-order valence-electron chi connectivity index (χ3n) is 5.16. The second-order valence-corrected chi connectivity index (χ2v) is 7.01. The number of phenolic OH excluding ortho intramolecular Hbond substituents is 1. The van der Waals surface area contributed by atoms with Crippen LogP contribution < -0.4 is 24.4 Å². The van der Waals surface area contributed by atoms with E-state index in [4.69, 9.17) is 29.0 Å². The lowest BCUT2D eigenvalue weighted by molar-refractivity contribution is -0.133. The summed E-state index contributed by atoms with van der Waals surface area (Å²) in [6.45, 7) is -0.440. The number of nitrogens with zero attached hydrogens (tertiary/aromatic N) is 1. The Morgan fingerprint density at radius 2 is 1.73 bits per heavy atom. The number of carbonyl (C=O) groups is 1. The number of amides is 1. The van der Waals surface area contributed by atoms with Gasteiger partial charge in [-0.1, -0.05) is 11.2 Å². The number of hydrogen-bond donors (Lipinski definition) is 3. The van der Waals surface area contributed by atoms with E-state index in [1.807, 2.05) is 6.07 Å². The second-order valence-electron chi connectivity index (χ2n) is 7.01. The first-order valence-electron chi connectivity index (χ1n) is 10.00. The highest BCUT2D eigenvalue weighted by Gasteiger charge is 2.26. The fraction of sp³-hybridized carbons (Fsp3) is 0.304. The number of oxime groups is 1. The first-order chi connectivity index (χ1) is 16.0. The Morgan fingerprint density at radius 3 is 2.33 bits per heavy atom. The second kappa shape index (κ2) is 10.6. The molecule has 0 radical (unpaired) electrons. The van der Waals surface area contributed by atoms with Crippen molar-refractivity contribution in [3.05, 3.63) is 47.0 Å². The summed E-state index contributed by atoms with van der Waals surface area (Å²) >= 11 is 0. The molecule has 176 valence electrons. The van der Waals surface area contributed by atoms with E-state index in [0.29, 0.717) is 52.7 Å². The molecule has 0 unspecified atom stereocenters. The van der Waals surface area contributed by atoms with Gasteiger partial charge in [-0.05, 0) is 53.8 Å². The Kier molecular flexibility index (Phi) is 7.62. The number of hydrogen-bond acceptors (Lipinski definition) is 9. The maximum Gasteiger partial charge on any atom is 0.284 e. The molecule has 2 aromatic rings. The summed E-state index contributed by atoms with van der Waals surface area (Å²) in [6, 6.07) is 6.89. The first-order valence-corrected chi connectivity index (χ1v) is 10.00. The minimum atomic E-state index is -0.725. The van der Waals surface area contributed by atoms with Gasteiger partial charge in [0.2, 0.25) is 5.75 Å². The van der Waals surface area contributed by atoms with Crippen molar-refractivity contribution >= 4 is 17.2 Å². The monoisotopic (exact) mass is 458 g/mol. The molecule has 0 atom stereocenters. The molecule has 1 amide bonds. The molecule has 3 rings (SSSR count). The number of rotatable bonds is 8. The SMILES string of the molecule is COc1ccc(C2=CC(=NOCC(=O)NO)CCc3c2cc(OC)c(OC)c3OC)cc1O. The van der Waals surface area contributed by atoms with E-state index >= 15 is 0 Å².